The van der Waals surface area contributed by atoms with Gasteiger partial charge in [-0.15, -0.1) is 11.3 Å². The van der Waals surface area contributed by atoms with Crippen LogP contribution in [0.2, 0.25) is 0 Å². The first kappa shape index (κ1) is 21.6. The molecule has 0 amide bonds. The first-order valence-corrected chi connectivity index (χ1v) is 11.5. The average molecular weight is 473 g/mol. The van der Waals surface area contributed by atoms with Gasteiger partial charge in [0, 0.05) is 22.5 Å². The molecule has 0 radical (unpaired) electrons. The van der Waals surface area contributed by atoms with Crippen LogP contribution in [0.5, 0.6) is 0 Å². The molecule has 8 nitrogen and oxygen atoms in total. The topological polar surface area (TPSA) is 128 Å². The van der Waals surface area contributed by atoms with E-state index in [1.165, 1.54) is 11.3 Å². The molecule has 5 rings (SSSR count). The Bertz CT molecular complexity index is 1460. The van der Waals surface area contributed by atoms with Crippen molar-refractivity contribution in [3.8, 4) is 6.07 Å². The molecule has 0 fully saturated rings. The van der Waals surface area contributed by atoms with Crippen LogP contribution in [-0.4, -0.2) is 21.2 Å². The molecule has 10 heteroatoms. The molecule has 0 bridgehead atoms. The summed E-state index contributed by atoms with van der Waals surface area (Å²) in [6.07, 6.45) is 5.72. The second-order valence-electron chi connectivity index (χ2n) is 7.94. The van der Waals surface area contributed by atoms with E-state index < -0.39 is 0 Å². The summed E-state index contributed by atoms with van der Waals surface area (Å²) in [4.78, 5) is 5.70. The molecule has 0 spiro atoms. The van der Waals surface area contributed by atoms with Crippen molar-refractivity contribution in [1.82, 2.24) is 15.0 Å². The number of hydrogen-bond acceptors (Lipinski definition) is 6. The lowest BCUT2D eigenvalue weighted by molar-refractivity contribution is 0.632. The minimum Gasteiger partial charge on any atom is -0.369 e. The van der Waals surface area contributed by atoms with E-state index in [2.05, 4.69) is 26.9 Å². The predicted octanol–water partition coefficient (Wildman–Crippen LogP) is 4.42. The fourth-order valence-corrected chi connectivity index (χ4v) is 5.13. The van der Waals surface area contributed by atoms with Gasteiger partial charge in [-0.3, -0.25) is 10.4 Å². The summed E-state index contributed by atoms with van der Waals surface area (Å²) in [5, 5.41) is 25.2. The minimum atomic E-state index is -0.378. The van der Waals surface area contributed by atoms with Gasteiger partial charge in [0.1, 0.15) is 16.8 Å². The maximum absolute atomic E-state index is 15.3. The average Bonchev–Trinajstić information content (AvgIpc) is 3.42. The Balaban J connectivity index is 1.68. The van der Waals surface area contributed by atoms with Gasteiger partial charge in [-0.25, -0.2) is 9.82 Å². The molecule has 3 aromatic heterocycles. The largest absolute Gasteiger partial charge is 0.369 e. The lowest BCUT2D eigenvalue weighted by Gasteiger charge is -2.18. The number of benzene rings is 1. The van der Waals surface area contributed by atoms with Crippen LogP contribution >= 0.6 is 11.3 Å². The number of guanidine groups is 1. The predicted molar refractivity (Wildman–Crippen MR) is 132 cm³/mol. The zero-order valence-electron chi connectivity index (χ0n) is 18.1. The highest BCUT2D eigenvalue weighted by molar-refractivity contribution is 7.12. The SMILES string of the molecule is N#Cc1ccc(Cn2c3c(c4cc(Nc5cccnc5)c(F)cc42)CCC/C3=N\NC(=N)N)s1. The molecule has 5 N–H and O–H groups in total. The van der Waals surface area contributed by atoms with E-state index in [-0.39, 0.29) is 11.8 Å². The molecule has 0 saturated heterocycles. The van der Waals surface area contributed by atoms with Gasteiger partial charge in [0.15, 0.2) is 0 Å². The van der Waals surface area contributed by atoms with Gasteiger partial charge in [0.2, 0.25) is 5.96 Å². The number of nitriles is 1. The fourth-order valence-electron chi connectivity index (χ4n) is 4.34. The van der Waals surface area contributed by atoms with Crippen LogP contribution in [0, 0.1) is 22.6 Å². The first-order valence-electron chi connectivity index (χ1n) is 10.7. The number of nitrogens with zero attached hydrogens (tertiary/aromatic N) is 4. The minimum absolute atomic E-state index is 0.242. The molecule has 1 aliphatic carbocycles. The van der Waals surface area contributed by atoms with E-state index in [9.17, 15) is 5.26 Å². The molecule has 34 heavy (non-hydrogen) atoms. The highest BCUT2D eigenvalue weighted by Gasteiger charge is 2.26. The Morgan fingerprint density at radius 1 is 1.32 bits per heavy atom. The Morgan fingerprint density at radius 3 is 2.94 bits per heavy atom. The Morgan fingerprint density at radius 2 is 2.21 bits per heavy atom. The molecule has 0 unspecified atom stereocenters. The van der Waals surface area contributed by atoms with E-state index in [0.29, 0.717) is 29.2 Å². The smallest absolute Gasteiger partial charge is 0.206 e. The molecule has 1 aliphatic rings. The lowest BCUT2D eigenvalue weighted by atomic mass is 9.93. The molecule has 1 aromatic carbocycles. The van der Waals surface area contributed by atoms with E-state index in [1.807, 2.05) is 22.8 Å². The van der Waals surface area contributed by atoms with Crippen molar-refractivity contribution >= 4 is 45.3 Å². The summed E-state index contributed by atoms with van der Waals surface area (Å²) in [6.45, 7) is 0.478. The molecular weight excluding hydrogens is 451 g/mol. The van der Waals surface area contributed by atoms with Crippen molar-refractivity contribution in [2.24, 2.45) is 10.8 Å². The maximum Gasteiger partial charge on any atom is 0.206 e. The number of fused-ring (bicyclic) bond motifs is 3. The van der Waals surface area contributed by atoms with E-state index >= 15 is 4.39 Å². The second-order valence-corrected chi connectivity index (χ2v) is 9.11. The van der Waals surface area contributed by atoms with Gasteiger partial charge in [-0.2, -0.15) is 10.4 Å². The van der Waals surface area contributed by atoms with Gasteiger partial charge in [0.05, 0.1) is 41.0 Å². The van der Waals surface area contributed by atoms with Crippen LogP contribution in [0.4, 0.5) is 15.8 Å². The van der Waals surface area contributed by atoms with Crippen LogP contribution in [0.1, 0.15) is 33.9 Å². The Labute approximate surface area is 199 Å². The fraction of sp³-hybridized carbons (Fsp3) is 0.167. The van der Waals surface area contributed by atoms with Gasteiger partial charge in [-0.1, -0.05) is 0 Å². The highest BCUT2D eigenvalue weighted by Crippen LogP contribution is 2.37. The normalized spacial score (nSPS) is 14.1. The van der Waals surface area contributed by atoms with Crippen molar-refractivity contribution < 1.29 is 4.39 Å². The molecule has 4 aromatic rings. The summed E-state index contributed by atoms with van der Waals surface area (Å²) >= 11 is 1.41. The number of halogens is 1. The third-order valence-electron chi connectivity index (χ3n) is 5.71. The number of nitrogens with two attached hydrogens (primary N) is 1. The zero-order valence-corrected chi connectivity index (χ0v) is 18.9. The number of rotatable bonds is 5. The van der Waals surface area contributed by atoms with E-state index in [4.69, 9.17) is 11.1 Å². The summed E-state index contributed by atoms with van der Waals surface area (Å²) in [6, 6.07) is 12.9. The van der Waals surface area contributed by atoms with E-state index in [0.717, 1.165) is 45.6 Å². The van der Waals surface area contributed by atoms with Crippen LogP contribution in [0.15, 0.2) is 53.9 Å². The number of thiophene rings is 1. The summed E-state index contributed by atoms with van der Waals surface area (Å²) in [5.74, 6) is -0.620. The number of aryl methyl sites for hydroxylation is 1. The lowest BCUT2D eigenvalue weighted by Crippen LogP contribution is -2.28. The monoisotopic (exact) mass is 472 g/mol. The number of pyridine rings is 1. The molecule has 0 saturated carbocycles. The van der Waals surface area contributed by atoms with Gasteiger partial charge >= 0.3 is 0 Å². The standard InChI is InChI=1S/C24H21FN8S/c25-19-10-22-18(9-21(19)30-14-3-2-8-29-12-14)17-4-1-5-20(31-32-24(27)28)23(17)33(22)13-16-7-6-15(11-26)34-16/h2-3,6-10,12,30H,1,4-5,13H2,(H4,27,28,32)/b31-20+. The quantitative estimate of drug-likeness (QED) is 0.194. The van der Waals surface area contributed by atoms with Gasteiger partial charge in [-0.05, 0) is 55.2 Å². The van der Waals surface area contributed by atoms with Gasteiger partial charge in [0.25, 0.3) is 0 Å². The maximum atomic E-state index is 15.3. The van der Waals surface area contributed by atoms with Crippen molar-refractivity contribution in [2.75, 3.05) is 5.32 Å². The third-order valence-corrected chi connectivity index (χ3v) is 6.68. The van der Waals surface area contributed by atoms with Crippen LogP contribution in [0.25, 0.3) is 10.9 Å². The summed E-state index contributed by atoms with van der Waals surface area (Å²) < 4.78 is 17.3. The van der Waals surface area contributed by atoms with Crippen molar-refractivity contribution in [3.05, 3.63) is 75.6 Å². The number of hydrazone groups is 1. The highest BCUT2D eigenvalue weighted by atomic mass is 32.1. The molecular formula is C24H21FN8S. The van der Waals surface area contributed by atoms with Crippen LogP contribution < -0.4 is 16.5 Å². The van der Waals surface area contributed by atoms with Gasteiger partial charge < -0.3 is 15.6 Å². The van der Waals surface area contributed by atoms with Crippen molar-refractivity contribution in [1.29, 1.82) is 10.7 Å². The third kappa shape index (κ3) is 4.09. The molecule has 3 heterocycles. The summed E-state index contributed by atoms with van der Waals surface area (Å²) in [7, 11) is 0. The number of anilines is 2. The number of nitrogens with one attached hydrogen (secondary N) is 3. The number of aromatic nitrogens is 2. The molecule has 0 aliphatic heterocycles. The second kappa shape index (κ2) is 8.96. The van der Waals surface area contributed by atoms with Crippen molar-refractivity contribution in [3.63, 3.8) is 0 Å². The first-order chi connectivity index (χ1) is 16.5. The van der Waals surface area contributed by atoms with Crippen LogP contribution in [0.3, 0.4) is 0 Å². The van der Waals surface area contributed by atoms with E-state index in [1.54, 1.807) is 30.6 Å². The van der Waals surface area contributed by atoms with Crippen LogP contribution in [-0.2, 0) is 13.0 Å². The Hall–Kier alpha value is -4.23. The van der Waals surface area contributed by atoms with Crippen molar-refractivity contribution in [2.45, 2.75) is 25.8 Å². The molecule has 0 atom stereocenters. The zero-order chi connectivity index (χ0) is 23.7. The number of hydrogen-bond donors (Lipinski definition) is 4. The summed E-state index contributed by atoms with van der Waals surface area (Å²) in [5.41, 5.74) is 12.6. The Kier molecular flexibility index (Phi) is 5.69. The molecule has 170 valence electrons.